The lowest BCUT2D eigenvalue weighted by atomic mass is 10.0. The Labute approximate surface area is 144 Å². The number of benzene rings is 1. The molecule has 0 saturated carbocycles. The van der Waals surface area contributed by atoms with Crippen LogP contribution in [0.25, 0.3) is 0 Å². The average molecular weight is 358 g/mol. The van der Waals surface area contributed by atoms with Crippen molar-refractivity contribution in [3.63, 3.8) is 0 Å². The van der Waals surface area contributed by atoms with Gasteiger partial charge in [0.05, 0.1) is 13.0 Å². The average Bonchev–Trinajstić information content (AvgIpc) is 2.56. The summed E-state index contributed by atoms with van der Waals surface area (Å²) >= 11 is 0. The van der Waals surface area contributed by atoms with Gasteiger partial charge in [0.25, 0.3) is 0 Å². The fraction of sp³-hybridized carbons (Fsp3) is 0.529. The Morgan fingerprint density at radius 2 is 1.80 bits per heavy atom. The Kier molecular flexibility index (Phi) is 6.27. The molecule has 0 aromatic heterocycles. The number of nitrogens with zero attached hydrogens (tertiary/aromatic N) is 1. The first kappa shape index (κ1) is 19.1. The van der Waals surface area contributed by atoms with Crippen LogP contribution in [0.15, 0.2) is 24.3 Å². The summed E-state index contributed by atoms with van der Waals surface area (Å²) < 4.78 is 42.5. The van der Waals surface area contributed by atoms with Crippen LogP contribution in [0.5, 0.6) is 5.75 Å². The van der Waals surface area contributed by atoms with E-state index in [1.165, 1.54) is 0 Å². The molecule has 2 rings (SSSR count). The maximum atomic E-state index is 12.4. The topological polar surface area (TPSA) is 58.6 Å². The zero-order valence-corrected chi connectivity index (χ0v) is 13.9. The van der Waals surface area contributed by atoms with Crippen molar-refractivity contribution >= 4 is 11.8 Å². The lowest BCUT2D eigenvalue weighted by Crippen LogP contribution is -2.50. The molecule has 1 aromatic carbocycles. The zero-order chi connectivity index (χ0) is 18.4. The Morgan fingerprint density at radius 3 is 2.32 bits per heavy atom. The third-order valence-electron chi connectivity index (χ3n) is 3.99. The van der Waals surface area contributed by atoms with Gasteiger partial charge in [-0.05, 0) is 37.5 Å². The molecule has 5 nitrogen and oxygen atoms in total. The van der Waals surface area contributed by atoms with Crippen LogP contribution in [0.2, 0.25) is 0 Å². The Hall–Kier alpha value is -2.25. The van der Waals surface area contributed by atoms with Crippen molar-refractivity contribution in [3.05, 3.63) is 29.8 Å². The minimum absolute atomic E-state index is 0.00760. The lowest BCUT2D eigenvalue weighted by Gasteiger charge is -2.32. The van der Waals surface area contributed by atoms with Crippen LogP contribution in [0.1, 0.15) is 25.3 Å². The fourth-order valence-electron chi connectivity index (χ4n) is 2.74. The number of piperidine rings is 1. The zero-order valence-electron chi connectivity index (χ0n) is 13.9. The predicted octanol–water partition coefficient (Wildman–Crippen LogP) is 2.30. The van der Waals surface area contributed by atoms with Gasteiger partial charge in [0.1, 0.15) is 5.75 Å². The van der Waals surface area contributed by atoms with E-state index in [1.807, 2.05) is 6.92 Å². The number of amides is 2. The molecule has 138 valence electrons. The molecule has 1 heterocycles. The van der Waals surface area contributed by atoms with E-state index in [4.69, 9.17) is 4.74 Å². The smallest absolute Gasteiger partial charge is 0.471 e. The predicted molar refractivity (Wildman–Crippen MR) is 85.1 cm³/mol. The van der Waals surface area contributed by atoms with Gasteiger partial charge in [0.2, 0.25) is 5.91 Å². The second-order valence-corrected chi connectivity index (χ2v) is 5.89. The van der Waals surface area contributed by atoms with E-state index in [2.05, 4.69) is 5.32 Å². The van der Waals surface area contributed by atoms with E-state index in [9.17, 15) is 22.8 Å². The monoisotopic (exact) mass is 358 g/mol. The number of carbonyl (C=O) groups excluding carboxylic acids is 2. The molecule has 1 aliphatic heterocycles. The number of likely N-dealkylation sites (tertiary alicyclic amines) is 1. The number of alkyl halides is 3. The van der Waals surface area contributed by atoms with Crippen LogP contribution >= 0.6 is 0 Å². The Bertz CT molecular complexity index is 594. The first-order chi connectivity index (χ1) is 11.8. The van der Waals surface area contributed by atoms with Crippen molar-refractivity contribution in [3.8, 4) is 5.75 Å². The van der Waals surface area contributed by atoms with Crippen molar-refractivity contribution < 1.29 is 27.5 Å². The van der Waals surface area contributed by atoms with Crippen molar-refractivity contribution in [2.75, 3.05) is 19.7 Å². The summed E-state index contributed by atoms with van der Waals surface area (Å²) in [5, 5.41) is 2.82. The van der Waals surface area contributed by atoms with Gasteiger partial charge in [-0.3, -0.25) is 9.59 Å². The van der Waals surface area contributed by atoms with Gasteiger partial charge in [-0.25, -0.2) is 0 Å². The summed E-state index contributed by atoms with van der Waals surface area (Å²) in [6.45, 7) is 2.43. The molecule has 1 saturated heterocycles. The highest BCUT2D eigenvalue weighted by atomic mass is 19.4. The van der Waals surface area contributed by atoms with E-state index in [0.717, 1.165) is 16.2 Å². The molecule has 0 unspecified atom stereocenters. The highest BCUT2D eigenvalue weighted by Crippen LogP contribution is 2.21. The van der Waals surface area contributed by atoms with Crippen molar-refractivity contribution in [2.45, 2.75) is 38.4 Å². The molecule has 0 aliphatic carbocycles. The van der Waals surface area contributed by atoms with Crippen molar-refractivity contribution in [1.82, 2.24) is 10.2 Å². The quantitative estimate of drug-likeness (QED) is 0.879. The fourth-order valence-corrected chi connectivity index (χ4v) is 2.74. The number of ether oxygens (including phenoxy) is 1. The van der Waals surface area contributed by atoms with E-state index in [1.54, 1.807) is 24.3 Å². The molecule has 1 aromatic rings. The summed E-state index contributed by atoms with van der Waals surface area (Å²) in [6.07, 6.45) is -4.02. The van der Waals surface area contributed by atoms with Gasteiger partial charge < -0.3 is 15.0 Å². The van der Waals surface area contributed by atoms with Crippen molar-refractivity contribution in [1.29, 1.82) is 0 Å². The molecule has 0 radical (unpaired) electrons. The number of rotatable bonds is 5. The third-order valence-corrected chi connectivity index (χ3v) is 3.99. The maximum absolute atomic E-state index is 12.4. The molecule has 1 aliphatic rings. The second kappa shape index (κ2) is 8.22. The summed E-state index contributed by atoms with van der Waals surface area (Å²) in [7, 11) is 0. The number of carbonyl (C=O) groups is 2. The van der Waals surface area contributed by atoms with Gasteiger partial charge in [-0.15, -0.1) is 0 Å². The number of hydrogen-bond donors (Lipinski definition) is 1. The molecule has 0 spiro atoms. The Balaban J connectivity index is 1.77. The SMILES string of the molecule is CCOc1ccc(CC(=O)NC2CCN(C(=O)C(F)(F)F)CC2)cc1. The Morgan fingerprint density at radius 1 is 1.20 bits per heavy atom. The number of hydrogen-bond acceptors (Lipinski definition) is 3. The minimum atomic E-state index is -4.84. The first-order valence-electron chi connectivity index (χ1n) is 8.16. The molecule has 0 bridgehead atoms. The summed E-state index contributed by atoms with van der Waals surface area (Å²) in [4.78, 5) is 24.0. The van der Waals surface area contributed by atoms with Crippen LogP contribution in [-0.4, -0.2) is 48.6 Å². The van der Waals surface area contributed by atoms with Gasteiger partial charge in [-0.2, -0.15) is 13.2 Å². The van der Waals surface area contributed by atoms with Gasteiger partial charge >= 0.3 is 12.1 Å². The normalized spacial score (nSPS) is 15.8. The minimum Gasteiger partial charge on any atom is -0.494 e. The number of halogens is 3. The molecule has 8 heteroatoms. The second-order valence-electron chi connectivity index (χ2n) is 5.89. The van der Waals surface area contributed by atoms with Crippen LogP contribution in [0.3, 0.4) is 0 Å². The lowest BCUT2D eigenvalue weighted by molar-refractivity contribution is -0.186. The van der Waals surface area contributed by atoms with Crippen LogP contribution in [0, 0.1) is 0 Å². The summed E-state index contributed by atoms with van der Waals surface area (Å²) in [5.74, 6) is -1.27. The summed E-state index contributed by atoms with van der Waals surface area (Å²) in [5.41, 5.74) is 0.825. The van der Waals surface area contributed by atoms with E-state index >= 15 is 0 Å². The molecular weight excluding hydrogens is 337 g/mol. The molecular formula is C17H21F3N2O3. The van der Waals surface area contributed by atoms with Crippen LogP contribution in [0.4, 0.5) is 13.2 Å². The highest BCUT2D eigenvalue weighted by Gasteiger charge is 2.43. The first-order valence-corrected chi connectivity index (χ1v) is 8.16. The molecule has 0 atom stereocenters. The van der Waals surface area contributed by atoms with E-state index < -0.39 is 12.1 Å². The standard InChI is InChI=1S/C17H21F3N2O3/c1-2-25-14-5-3-12(4-6-14)11-15(23)21-13-7-9-22(10-8-13)16(24)17(18,19)20/h3-6,13H,2,7-11H2,1H3,(H,21,23). The van der Waals surface area contributed by atoms with E-state index in [0.29, 0.717) is 19.4 Å². The molecule has 2 amide bonds. The maximum Gasteiger partial charge on any atom is 0.471 e. The number of nitrogens with one attached hydrogen (secondary N) is 1. The third kappa shape index (κ3) is 5.65. The molecule has 25 heavy (non-hydrogen) atoms. The van der Waals surface area contributed by atoms with Gasteiger partial charge in [-0.1, -0.05) is 12.1 Å². The van der Waals surface area contributed by atoms with Gasteiger partial charge in [0.15, 0.2) is 0 Å². The molecule has 1 N–H and O–H groups in total. The van der Waals surface area contributed by atoms with Gasteiger partial charge in [0, 0.05) is 19.1 Å². The van der Waals surface area contributed by atoms with Crippen LogP contribution < -0.4 is 10.1 Å². The summed E-state index contributed by atoms with van der Waals surface area (Å²) in [6, 6.07) is 6.96. The largest absolute Gasteiger partial charge is 0.494 e. The van der Waals surface area contributed by atoms with Crippen LogP contribution in [-0.2, 0) is 16.0 Å². The van der Waals surface area contributed by atoms with E-state index in [-0.39, 0.29) is 31.5 Å². The highest BCUT2D eigenvalue weighted by molar-refractivity contribution is 5.82. The molecule has 1 fully saturated rings. The van der Waals surface area contributed by atoms with Crippen molar-refractivity contribution in [2.24, 2.45) is 0 Å².